The van der Waals surface area contributed by atoms with Gasteiger partial charge in [0.25, 0.3) is 0 Å². The van der Waals surface area contributed by atoms with Gasteiger partial charge in [-0.3, -0.25) is 14.7 Å². The number of rotatable bonds is 9. The van der Waals surface area contributed by atoms with Gasteiger partial charge in [0.2, 0.25) is 5.91 Å². The Morgan fingerprint density at radius 1 is 0.837 bits per heavy atom. The highest BCUT2D eigenvalue weighted by atomic mass is 16.5. The van der Waals surface area contributed by atoms with Crippen LogP contribution >= 0.6 is 0 Å². The van der Waals surface area contributed by atoms with Gasteiger partial charge in [0.05, 0.1) is 43.8 Å². The fourth-order valence-electron chi connectivity index (χ4n) is 6.09. The van der Waals surface area contributed by atoms with Crippen LogP contribution in [0.5, 0.6) is 5.75 Å². The Bertz CT molecular complexity index is 1930. The minimum atomic E-state index is -0.420. The number of aromatic nitrogens is 1. The minimum absolute atomic E-state index is 0.0768. The molecule has 49 heavy (non-hydrogen) atoms. The Labute approximate surface area is 287 Å². The number of para-hydroxylation sites is 1. The van der Waals surface area contributed by atoms with Crippen molar-refractivity contribution in [3.05, 3.63) is 114 Å². The van der Waals surface area contributed by atoms with Crippen molar-refractivity contribution < 1.29 is 19.1 Å². The smallest absolute Gasteiger partial charge is 0.323 e. The number of methoxy groups -OCH3 is 1. The number of ether oxygens (including phenoxy) is 2. The fourth-order valence-corrected chi connectivity index (χ4v) is 6.09. The van der Waals surface area contributed by atoms with E-state index in [0.717, 1.165) is 66.0 Å². The molecule has 2 heterocycles. The maximum absolute atomic E-state index is 13.6. The van der Waals surface area contributed by atoms with E-state index in [1.165, 1.54) is 0 Å². The topological polar surface area (TPSA) is 105 Å². The molecule has 1 aliphatic rings. The van der Waals surface area contributed by atoms with Crippen LogP contribution in [-0.4, -0.2) is 55.2 Å². The molecule has 0 unspecified atom stereocenters. The first kappa shape index (κ1) is 33.6. The van der Waals surface area contributed by atoms with E-state index < -0.39 is 6.03 Å². The molecule has 3 N–H and O–H groups in total. The maximum Gasteiger partial charge on any atom is 0.323 e. The number of anilines is 3. The second-order valence-electron chi connectivity index (χ2n) is 13.3. The highest BCUT2D eigenvalue weighted by Crippen LogP contribution is 2.37. The molecule has 1 aromatic heterocycles. The lowest BCUT2D eigenvalue weighted by molar-refractivity contribution is -0.115. The van der Waals surface area contributed by atoms with E-state index in [9.17, 15) is 9.59 Å². The zero-order valence-corrected chi connectivity index (χ0v) is 28.5. The Kier molecular flexibility index (Phi) is 10.2. The summed E-state index contributed by atoms with van der Waals surface area (Å²) >= 11 is 0. The summed E-state index contributed by atoms with van der Waals surface area (Å²) in [4.78, 5) is 33.8. The molecule has 5 aromatic rings. The van der Waals surface area contributed by atoms with Crippen LogP contribution in [-0.2, 0) is 27.9 Å². The number of pyridine rings is 1. The van der Waals surface area contributed by atoms with E-state index in [0.29, 0.717) is 28.4 Å². The van der Waals surface area contributed by atoms with E-state index in [1.54, 1.807) is 7.11 Å². The lowest BCUT2D eigenvalue weighted by Crippen LogP contribution is -2.35. The number of urea groups is 1. The van der Waals surface area contributed by atoms with E-state index in [2.05, 4.69) is 59.8 Å². The van der Waals surface area contributed by atoms with Crippen LogP contribution < -0.4 is 20.7 Å². The van der Waals surface area contributed by atoms with Crippen molar-refractivity contribution in [1.82, 2.24) is 9.88 Å². The third-order valence-corrected chi connectivity index (χ3v) is 8.69. The highest BCUT2D eigenvalue weighted by molar-refractivity contribution is 6.10. The second-order valence-corrected chi connectivity index (χ2v) is 13.3. The number of carbonyl (C=O) groups excluding carboxylic acids is 2. The summed E-state index contributed by atoms with van der Waals surface area (Å²) in [6.07, 6.45) is 2.00. The average molecular weight is 658 g/mol. The molecule has 1 saturated heterocycles. The standard InChI is InChI=1S/C40H43N5O4/c1-40(2,3)29-22-28(23-37(46)42-30-10-6-5-7-11-30)38(48-4)36(24-29)44-39(47)43-35-17-16-32(33-12-8-9-13-34(33)35)27-14-15-31(41-25-27)26-45-18-20-49-21-19-45/h5-17,22,24-25H,18-21,23,26H2,1-4H3,(H,42,46)(H2,43,44,47). The quantitative estimate of drug-likeness (QED) is 0.149. The van der Waals surface area contributed by atoms with Crippen LogP contribution in [0, 0.1) is 0 Å². The normalized spacial score (nSPS) is 13.6. The lowest BCUT2D eigenvalue weighted by Gasteiger charge is -2.26. The molecule has 0 spiro atoms. The summed E-state index contributed by atoms with van der Waals surface area (Å²) < 4.78 is 11.3. The monoisotopic (exact) mass is 657 g/mol. The van der Waals surface area contributed by atoms with Gasteiger partial charge in [-0.1, -0.05) is 81.4 Å². The Morgan fingerprint density at radius 3 is 2.24 bits per heavy atom. The molecule has 6 rings (SSSR count). The number of fused-ring (bicyclic) bond motifs is 1. The van der Waals surface area contributed by atoms with Crippen molar-refractivity contribution in [2.45, 2.75) is 39.2 Å². The second kappa shape index (κ2) is 14.9. The van der Waals surface area contributed by atoms with Gasteiger partial charge in [-0.2, -0.15) is 0 Å². The lowest BCUT2D eigenvalue weighted by atomic mass is 9.85. The Morgan fingerprint density at radius 2 is 1.55 bits per heavy atom. The molecule has 4 aromatic carbocycles. The number of benzene rings is 4. The number of carbonyl (C=O) groups is 2. The van der Waals surface area contributed by atoms with Gasteiger partial charge in [0, 0.05) is 48.0 Å². The first-order valence-electron chi connectivity index (χ1n) is 16.6. The van der Waals surface area contributed by atoms with Crippen LogP contribution in [0.4, 0.5) is 21.9 Å². The first-order chi connectivity index (χ1) is 23.7. The van der Waals surface area contributed by atoms with E-state index in [4.69, 9.17) is 14.5 Å². The van der Waals surface area contributed by atoms with Gasteiger partial charge in [-0.25, -0.2) is 4.79 Å². The average Bonchev–Trinajstić information content (AvgIpc) is 3.09. The van der Waals surface area contributed by atoms with Crippen LogP contribution in [0.25, 0.3) is 21.9 Å². The number of morpholine rings is 1. The summed E-state index contributed by atoms with van der Waals surface area (Å²) in [6.45, 7) is 10.4. The van der Waals surface area contributed by atoms with Gasteiger partial charge in [0.1, 0.15) is 5.75 Å². The number of nitrogens with zero attached hydrogens (tertiary/aromatic N) is 2. The molecule has 0 saturated carbocycles. The Hall–Kier alpha value is -5.25. The van der Waals surface area contributed by atoms with Gasteiger partial charge >= 0.3 is 6.03 Å². The fraction of sp³-hybridized carbons (Fsp3) is 0.275. The highest BCUT2D eigenvalue weighted by Gasteiger charge is 2.22. The van der Waals surface area contributed by atoms with Crippen molar-refractivity contribution in [2.75, 3.05) is 49.4 Å². The zero-order valence-electron chi connectivity index (χ0n) is 28.5. The molecule has 252 valence electrons. The minimum Gasteiger partial charge on any atom is -0.494 e. The number of hydrogen-bond donors (Lipinski definition) is 3. The van der Waals surface area contributed by atoms with Crippen molar-refractivity contribution in [3.63, 3.8) is 0 Å². The van der Waals surface area contributed by atoms with Gasteiger partial charge < -0.3 is 25.4 Å². The summed E-state index contributed by atoms with van der Waals surface area (Å²) in [6, 6.07) is 28.9. The SMILES string of the molecule is COc1c(CC(=O)Nc2ccccc2)cc(C(C)(C)C)cc1NC(=O)Nc1ccc(-c2ccc(CN3CCOCC3)nc2)c2ccccc12. The summed E-state index contributed by atoms with van der Waals surface area (Å²) in [7, 11) is 1.55. The van der Waals surface area contributed by atoms with E-state index in [1.807, 2.05) is 79.0 Å². The number of nitrogens with one attached hydrogen (secondary N) is 3. The predicted octanol–water partition coefficient (Wildman–Crippen LogP) is 7.87. The van der Waals surface area contributed by atoms with Gasteiger partial charge in [0.15, 0.2) is 0 Å². The third-order valence-electron chi connectivity index (χ3n) is 8.69. The van der Waals surface area contributed by atoms with E-state index in [-0.39, 0.29) is 17.7 Å². The molecule has 0 radical (unpaired) electrons. The summed E-state index contributed by atoms with van der Waals surface area (Å²) in [5, 5.41) is 10.9. The molecule has 0 atom stereocenters. The predicted molar refractivity (Wildman–Crippen MR) is 196 cm³/mol. The molecule has 0 bridgehead atoms. The van der Waals surface area contributed by atoms with Crippen molar-refractivity contribution in [2.24, 2.45) is 0 Å². The third kappa shape index (κ3) is 8.25. The Balaban J connectivity index is 1.23. The maximum atomic E-state index is 13.6. The van der Waals surface area contributed by atoms with Crippen molar-refractivity contribution >= 4 is 39.8 Å². The molecule has 0 aliphatic carbocycles. The molecule has 3 amide bonds. The van der Waals surface area contributed by atoms with Crippen molar-refractivity contribution in [1.29, 1.82) is 0 Å². The van der Waals surface area contributed by atoms with Crippen LogP contribution in [0.3, 0.4) is 0 Å². The molecular weight excluding hydrogens is 614 g/mol. The molecule has 1 aliphatic heterocycles. The van der Waals surface area contributed by atoms with E-state index >= 15 is 0 Å². The summed E-state index contributed by atoms with van der Waals surface area (Å²) in [5.74, 6) is 0.260. The molecular formula is C40H43N5O4. The van der Waals surface area contributed by atoms with Crippen LogP contribution in [0.1, 0.15) is 37.6 Å². The van der Waals surface area contributed by atoms with Crippen LogP contribution in [0.2, 0.25) is 0 Å². The first-order valence-corrected chi connectivity index (χ1v) is 16.6. The molecule has 9 heteroatoms. The van der Waals surface area contributed by atoms with Crippen LogP contribution in [0.15, 0.2) is 97.2 Å². The zero-order chi connectivity index (χ0) is 34.4. The number of hydrogen-bond acceptors (Lipinski definition) is 6. The molecule has 1 fully saturated rings. The molecule has 9 nitrogen and oxygen atoms in total. The van der Waals surface area contributed by atoms with Crippen molar-refractivity contribution in [3.8, 4) is 16.9 Å². The largest absolute Gasteiger partial charge is 0.494 e. The van der Waals surface area contributed by atoms with Gasteiger partial charge in [-0.05, 0) is 52.3 Å². The van der Waals surface area contributed by atoms with Gasteiger partial charge in [-0.15, -0.1) is 0 Å². The number of amides is 3. The summed E-state index contributed by atoms with van der Waals surface area (Å²) in [5.41, 5.74) is 6.33.